The zero-order valence-corrected chi connectivity index (χ0v) is 6.40. The van der Waals surface area contributed by atoms with Gasteiger partial charge in [-0.3, -0.25) is 0 Å². The molecule has 1 aliphatic carbocycles. The van der Waals surface area contributed by atoms with Gasteiger partial charge in [0.15, 0.2) is 0 Å². The predicted molar refractivity (Wildman–Crippen MR) is 37.8 cm³/mol. The van der Waals surface area contributed by atoms with E-state index in [0.717, 1.165) is 0 Å². The first-order valence-corrected chi connectivity index (χ1v) is 4.12. The second-order valence-corrected chi connectivity index (χ2v) is 3.15. The summed E-state index contributed by atoms with van der Waals surface area (Å²) >= 11 is 0. The van der Waals surface area contributed by atoms with Crippen LogP contribution >= 0.6 is 0 Å². The molecule has 11 heavy (non-hydrogen) atoms. The van der Waals surface area contributed by atoms with Crippen LogP contribution in [0, 0.1) is 0 Å². The first-order chi connectivity index (χ1) is 5.20. The van der Waals surface area contributed by atoms with Crippen molar-refractivity contribution in [1.29, 1.82) is 0 Å². The van der Waals surface area contributed by atoms with Gasteiger partial charge in [0, 0.05) is 6.42 Å². The van der Waals surface area contributed by atoms with Crippen LogP contribution in [0.25, 0.3) is 0 Å². The van der Waals surface area contributed by atoms with E-state index in [2.05, 4.69) is 0 Å². The Morgan fingerprint density at radius 2 is 1.45 bits per heavy atom. The maximum Gasteiger partial charge on any atom is 0.134 e. The minimum atomic E-state index is -1.58. The SMILES string of the molecule is FC1CCCCC(F)C(F)C1. The van der Waals surface area contributed by atoms with Gasteiger partial charge in [-0.15, -0.1) is 0 Å². The first kappa shape index (κ1) is 8.88. The third-order valence-corrected chi connectivity index (χ3v) is 2.12. The van der Waals surface area contributed by atoms with Crippen molar-refractivity contribution in [1.82, 2.24) is 0 Å². The highest BCUT2D eigenvalue weighted by atomic mass is 19.2. The molecule has 0 aromatic carbocycles. The Balaban J connectivity index is 2.38. The van der Waals surface area contributed by atoms with Gasteiger partial charge in [-0.2, -0.15) is 0 Å². The fraction of sp³-hybridized carbons (Fsp3) is 1.00. The van der Waals surface area contributed by atoms with E-state index in [1.54, 1.807) is 0 Å². The van der Waals surface area contributed by atoms with Crippen molar-refractivity contribution in [3.8, 4) is 0 Å². The highest BCUT2D eigenvalue weighted by Gasteiger charge is 2.26. The molecule has 0 N–H and O–H groups in total. The fourth-order valence-electron chi connectivity index (χ4n) is 1.40. The zero-order chi connectivity index (χ0) is 8.27. The lowest BCUT2D eigenvalue weighted by atomic mass is 9.97. The third-order valence-electron chi connectivity index (χ3n) is 2.12. The molecule has 1 aliphatic rings. The minimum Gasteiger partial charge on any atom is -0.247 e. The Morgan fingerprint density at radius 1 is 0.818 bits per heavy atom. The molecule has 0 aromatic heterocycles. The molecular formula is C8H13F3. The van der Waals surface area contributed by atoms with Crippen LogP contribution in [0.2, 0.25) is 0 Å². The predicted octanol–water partition coefficient (Wildman–Crippen LogP) is 2.96. The number of hydrogen-bond donors (Lipinski definition) is 0. The van der Waals surface area contributed by atoms with Crippen molar-refractivity contribution in [3.05, 3.63) is 0 Å². The van der Waals surface area contributed by atoms with Crippen LogP contribution in [-0.2, 0) is 0 Å². The molecule has 0 aliphatic heterocycles. The zero-order valence-electron chi connectivity index (χ0n) is 6.40. The first-order valence-electron chi connectivity index (χ1n) is 4.12. The van der Waals surface area contributed by atoms with E-state index in [9.17, 15) is 13.2 Å². The molecule has 1 saturated carbocycles. The van der Waals surface area contributed by atoms with Crippen LogP contribution in [0.3, 0.4) is 0 Å². The smallest absolute Gasteiger partial charge is 0.134 e. The van der Waals surface area contributed by atoms with E-state index >= 15 is 0 Å². The lowest BCUT2D eigenvalue weighted by Gasteiger charge is -2.19. The fourth-order valence-corrected chi connectivity index (χ4v) is 1.40. The van der Waals surface area contributed by atoms with Crippen molar-refractivity contribution < 1.29 is 13.2 Å². The second-order valence-electron chi connectivity index (χ2n) is 3.15. The molecule has 0 saturated heterocycles. The van der Waals surface area contributed by atoms with E-state index in [-0.39, 0.29) is 12.8 Å². The van der Waals surface area contributed by atoms with Gasteiger partial charge in [0.1, 0.15) is 18.5 Å². The Kier molecular flexibility index (Phi) is 3.21. The molecule has 3 heteroatoms. The van der Waals surface area contributed by atoms with Gasteiger partial charge in [-0.05, 0) is 12.8 Å². The van der Waals surface area contributed by atoms with Crippen LogP contribution in [0.4, 0.5) is 13.2 Å². The van der Waals surface area contributed by atoms with Gasteiger partial charge in [0.2, 0.25) is 0 Å². The van der Waals surface area contributed by atoms with Gasteiger partial charge in [0.25, 0.3) is 0 Å². The average Bonchev–Trinajstić information content (AvgIpc) is 1.95. The molecule has 0 bridgehead atoms. The minimum absolute atomic E-state index is 0.249. The van der Waals surface area contributed by atoms with Crippen molar-refractivity contribution in [2.75, 3.05) is 0 Å². The van der Waals surface area contributed by atoms with E-state index in [4.69, 9.17) is 0 Å². The Hall–Kier alpha value is -0.210. The highest BCUT2D eigenvalue weighted by Crippen LogP contribution is 2.24. The molecule has 1 fully saturated rings. The standard InChI is InChI=1S/C8H13F3/c9-6-3-1-2-4-7(10)8(11)5-6/h6-8H,1-5H2. The highest BCUT2D eigenvalue weighted by molar-refractivity contribution is 4.75. The summed E-state index contributed by atoms with van der Waals surface area (Å²) in [4.78, 5) is 0. The van der Waals surface area contributed by atoms with Gasteiger partial charge < -0.3 is 0 Å². The summed E-state index contributed by atoms with van der Waals surface area (Å²) in [5.41, 5.74) is 0. The number of alkyl halides is 3. The Morgan fingerprint density at radius 3 is 2.18 bits per heavy atom. The maximum atomic E-state index is 12.7. The average molecular weight is 166 g/mol. The van der Waals surface area contributed by atoms with Crippen molar-refractivity contribution in [2.45, 2.75) is 50.6 Å². The molecule has 66 valence electrons. The van der Waals surface area contributed by atoms with Crippen LogP contribution in [0.5, 0.6) is 0 Å². The number of halogens is 3. The summed E-state index contributed by atoms with van der Waals surface area (Å²) in [6.45, 7) is 0. The maximum absolute atomic E-state index is 12.7. The Labute approximate surface area is 64.8 Å². The molecule has 0 heterocycles. The summed E-state index contributed by atoms with van der Waals surface area (Å²) in [7, 11) is 0. The van der Waals surface area contributed by atoms with E-state index in [1.807, 2.05) is 0 Å². The summed E-state index contributed by atoms with van der Waals surface area (Å²) in [6.07, 6.45) is -2.44. The normalized spacial score (nSPS) is 41.2. The van der Waals surface area contributed by atoms with E-state index in [1.165, 1.54) is 0 Å². The lowest BCUT2D eigenvalue weighted by molar-refractivity contribution is 0.101. The van der Waals surface area contributed by atoms with Crippen molar-refractivity contribution >= 4 is 0 Å². The van der Waals surface area contributed by atoms with Crippen LogP contribution in [0.15, 0.2) is 0 Å². The summed E-state index contributed by atoms with van der Waals surface area (Å²) in [6, 6.07) is 0. The quantitative estimate of drug-likeness (QED) is 0.519. The van der Waals surface area contributed by atoms with E-state index < -0.39 is 18.5 Å². The van der Waals surface area contributed by atoms with Crippen LogP contribution in [-0.4, -0.2) is 18.5 Å². The molecule has 0 aromatic rings. The molecule has 0 amide bonds. The number of hydrogen-bond acceptors (Lipinski definition) is 0. The molecular weight excluding hydrogens is 153 g/mol. The molecule has 3 unspecified atom stereocenters. The van der Waals surface area contributed by atoms with E-state index in [0.29, 0.717) is 19.3 Å². The topological polar surface area (TPSA) is 0 Å². The molecule has 0 spiro atoms. The third kappa shape index (κ3) is 2.72. The van der Waals surface area contributed by atoms with Gasteiger partial charge in [-0.1, -0.05) is 12.8 Å². The molecule has 1 rings (SSSR count). The van der Waals surface area contributed by atoms with Crippen molar-refractivity contribution in [3.63, 3.8) is 0 Å². The summed E-state index contributed by atoms with van der Waals surface area (Å²) < 4.78 is 37.9. The van der Waals surface area contributed by atoms with Gasteiger partial charge in [0.05, 0.1) is 0 Å². The molecule has 3 atom stereocenters. The van der Waals surface area contributed by atoms with Gasteiger partial charge in [-0.25, -0.2) is 13.2 Å². The lowest BCUT2D eigenvalue weighted by Crippen LogP contribution is -2.23. The summed E-state index contributed by atoms with van der Waals surface area (Å²) in [5.74, 6) is 0. The monoisotopic (exact) mass is 166 g/mol. The second kappa shape index (κ2) is 3.98. The van der Waals surface area contributed by atoms with Crippen LogP contribution < -0.4 is 0 Å². The van der Waals surface area contributed by atoms with Crippen LogP contribution in [0.1, 0.15) is 32.1 Å². The summed E-state index contributed by atoms with van der Waals surface area (Å²) in [5, 5.41) is 0. The van der Waals surface area contributed by atoms with Gasteiger partial charge >= 0.3 is 0 Å². The molecule has 0 nitrogen and oxygen atoms in total. The molecule has 0 radical (unpaired) electrons. The largest absolute Gasteiger partial charge is 0.247 e. The number of rotatable bonds is 0. The Bertz CT molecular complexity index is 116. The van der Waals surface area contributed by atoms with Crippen molar-refractivity contribution in [2.24, 2.45) is 0 Å².